The molecule has 1 fully saturated rings. The van der Waals surface area contributed by atoms with Crippen molar-refractivity contribution in [1.82, 2.24) is 19.9 Å². The molecule has 0 radical (unpaired) electrons. The van der Waals surface area contributed by atoms with Gasteiger partial charge >= 0.3 is 0 Å². The highest BCUT2D eigenvalue weighted by molar-refractivity contribution is 5.86. The highest BCUT2D eigenvalue weighted by Crippen LogP contribution is 2.27. The molecule has 0 aliphatic carbocycles. The first kappa shape index (κ1) is 16.0. The third-order valence-electron chi connectivity index (χ3n) is 4.50. The fourth-order valence-electron chi connectivity index (χ4n) is 3.12. The molecule has 0 N–H and O–H groups in total. The van der Waals surface area contributed by atoms with Gasteiger partial charge in [-0.3, -0.25) is 0 Å². The average Bonchev–Trinajstić information content (AvgIpc) is 2.73. The third-order valence-corrected chi connectivity index (χ3v) is 4.50. The topological polar surface area (TPSA) is 91.1 Å². The molecular weight excluding hydrogens is 330 g/mol. The molecule has 130 valence electrons. The Bertz CT molecular complexity index is 959. The van der Waals surface area contributed by atoms with Gasteiger partial charge in [-0.25, -0.2) is 19.9 Å². The molecule has 26 heavy (non-hydrogen) atoms. The van der Waals surface area contributed by atoms with Crippen LogP contribution in [0.1, 0.15) is 5.69 Å². The summed E-state index contributed by atoms with van der Waals surface area (Å²) < 4.78 is 5.35. The summed E-state index contributed by atoms with van der Waals surface area (Å²) in [5.74, 6) is 1.39. The smallest absolute Gasteiger partial charge is 0.224 e. The van der Waals surface area contributed by atoms with Crippen molar-refractivity contribution in [3.05, 3.63) is 42.6 Å². The zero-order chi connectivity index (χ0) is 17.9. The van der Waals surface area contributed by atoms with Crippen molar-refractivity contribution in [2.45, 2.75) is 0 Å². The molecule has 0 spiro atoms. The summed E-state index contributed by atoms with van der Waals surface area (Å²) in [6, 6.07) is 8.13. The van der Waals surface area contributed by atoms with Crippen LogP contribution in [0.3, 0.4) is 0 Å². The summed E-state index contributed by atoms with van der Waals surface area (Å²) in [7, 11) is 1.62. The van der Waals surface area contributed by atoms with E-state index >= 15 is 0 Å². The van der Waals surface area contributed by atoms with Crippen LogP contribution < -0.4 is 14.5 Å². The molecule has 3 heterocycles. The first-order valence-electron chi connectivity index (χ1n) is 8.29. The van der Waals surface area contributed by atoms with E-state index in [0.29, 0.717) is 11.6 Å². The highest BCUT2D eigenvalue weighted by atomic mass is 16.5. The maximum absolute atomic E-state index is 8.82. The Morgan fingerprint density at radius 1 is 1.00 bits per heavy atom. The number of nitrogens with zero attached hydrogens (tertiary/aromatic N) is 7. The van der Waals surface area contributed by atoms with Crippen molar-refractivity contribution in [2.24, 2.45) is 0 Å². The number of ether oxygens (including phenoxy) is 1. The number of nitriles is 1. The van der Waals surface area contributed by atoms with E-state index in [1.54, 1.807) is 13.3 Å². The van der Waals surface area contributed by atoms with Crippen LogP contribution in [0.4, 0.5) is 11.5 Å². The average molecular weight is 347 g/mol. The summed E-state index contributed by atoms with van der Waals surface area (Å²) >= 11 is 0. The number of benzene rings is 1. The maximum atomic E-state index is 8.82. The van der Waals surface area contributed by atoms with Crippen molar-refractivity contribution in [3.63, 3.8) is 0 Å². The Hall–Kier alpha value is -3.47. The van der Waals surface area contributed by atoms with Crippen molar-refractivity contribution < 1.29 is 4.74 Å². The van der Waals surface area contributed by atoms with Crippen molar-refractivity contribution in [1.29, 1.82) is 5.26 Å². The molecule has 8 heteroatoms. The first-order valence-corrected chi connectivity index (χ1v) is 8.29. The Balaban J connectivity index is 1.50. The van der Waals surface area contributed by atoms with E-state index in [1.807, 2.05) is 12.1 Å². The largest absolute Gasteiger partial charge is 0.480 e. The van der Waals surface area contributed by atoms with E-state index < -0.39 is 0 Å². The first-order chi connectivity index (χ1) is 12.8. The molecule has 0 amide bonds. The normalized spacial score (nSPS) is 14.3. The Labute approximate surface area is 150 Å². The molecule has 0 saturated carbocycles. The summed E-state index contributed by atoms with van der Waals surface area (Å²) in [4.78, 5) is 21.4. The van der Waals surface area contributed by atoms with Crippen LogP contribution in [0.2, 0.25) is 0 Å². The van der Waals surface area contributed by atoms with E-state index in [2.05, 4.69) is 41.9 Å². The van der Waals surface area contributed by atoms with Gasteiger partial charge < -0.3 is 14.5 Å². The lowest BCUT2D eigenvalue weighted by molar-refractivity contribution is 0.402. The van der Waals surface area contributed by atoms with Crippen LogP contribution >= 0.6 is 0 Å². The number of rotatable bonds is 3. The van der Waals surface area contributed by atoms with Crippen LogP contribution in [-0.2, 0) is 0 Å². The molecule has 8 nitrogen and oxygen atoms in total. The van der Waals surface area contributed by atoms with Crippen LogP contribution in [0.25, 0.3) is 10.9 Å². The molecule has 2 aromatic heterocycles. The molecule has 0 unspecified atom stereocenters. The third kappa shape index (κ3) is 2.95. The van der Waals surface area contributed by atoms with E-state index in [1.165, 1.54) is 12.5 Å². The lowest BCUT2D eigenvalue weighted by atomic mass is 10.2. The second-order valence-corrected chi connectivity index (χ2v) is 5.93. The Morgan fingerprint density at radius 3 is 2.50 bits per heavy atom. The molecule has 1 aliphatic rings. The number of methoxy groups -OCH3 is 1. The minimum absolute atomic E-state index is 0.333. The molecule has 1 saturated heterocycles. The van der Waals surface area contributed by atoms with Crippen molar-refractivity contribution in [3.8, 4) is 11.9 Å². The van der Waals surface area contributed by atoms with Gasteiger partial charge in [-0.1, -0.05) is 0 Å². The Morgan fingerprint density at radius 2 is 1.81 bits per heavy atom. The molecule has 0 atom stereocenters. The van der Waals surface area contributed by atoms with Gasteiger partial charge in [0, 0.05) is 31.9 Å². The van der Waals surface area contributed by atoms with Crippen molar-refractivity contribution >= 4 is 22.4 Å². The number of piperazine rings is 1. The maximum Gasteiger partial charge on any atom is 0.224 e. The molecule has 0 bridgehead atoms. The zero-order valence-electron chi connectivity index (χ0n) is 14.3. The number of aromatic nitrogens is 4. The fraction of sp³-hybridized carbons (Fsp3) is 0.278. The second kappa shape index (κ2) is 6.80. The molecular formula is C18H17N7O. The number of hydrogen-bond donors (Lipinski definition) is 0. The van der Waals surface area contributed by atoms with Crippen LogP contribution in [0.5, 0.6) is 5.88 Å². The van der Waals surface area contributed by atoms with Gasteiger partial charge in [-0.15, -0.1) is 0 Å². The van der Waals surface area contributed by atoms with Gasteiger partial charge in [0.2, 0.25) is 5.88 Å². The van der Waals surface area contributed by atoms with Crippen LogP contribution in [0, 0.1) is 11.3 Å². The van der Waals surface area contributed by atoms with Gasteiger partial charge in [-0.05, 0) is 18.2 Å². The lowest BCUT2D eigenvalue weighted by Crippen LogP contribution is -2.46. The molecule has 1 aromatic carbocycles. The summed E-state index contributed by atoms with van der Waals surface area (Å²) in [6.45, 7) is 3.40. The summed E-state index contributed by atoms with van der Waals surface area (Å²) in [6.07, 6.45) is 4.68. The fourth-order valence-corrected chi connectivity index (χ4v) is 3.12. The van der Waals surface area contributed by atoms with Gasteiger partial charge in [0.25, 0.3) is 0 Å². The predicted molar refractivity (Wildman–Crippen MR) is 97.3 cm³/mol. The van der Waals surface area contributed by atoms with E-state index in [4.69, 9.17) is 10.00 Å². The summed E-state index contributed by atoms with van der Waals surface area (Å²) in [5.41, 5.74) is 2.32. The van der Waals surface area contributed by atoms with Crippen LogP contribution in [0.15, 0.2) is 36.9 Å². The van der Waals surface area contributed by atoms with Gasteiger partial charge in [0.1, 0.15) is 18.2 Å². The highest BCUT2D eigenvalue weighted by Gasteiger charge is 2.19. The summed E-state index contributed by atoms with van der Waals surface area (Å²) in [5, 5.41) is 9.73. The number of anilines is 2. The molecule has 4 rings (SSSR count). The van der Waals surface area contributed by atoms with E-state index in [9.17, 15) is 0 Å². The van der Waals surface area contributed by atoms with Crippen LogP contribution in [-0.4, -0.2) is 53.2 Å². The second-order valence-electron chi connectivity index (χ2n) is 5.93. The van der Waals surface area contributed by atoms with E-state index in [0.717, 1.165) is 48.6 Å². The monoisotopic (exact) mass is 347 g/mol. The van der Waals surface area contributed by atoms with Gasteiger partial charge in [0.05, 0.1) is 30.4 Å². The van der Waals surface area contributed by atoms with Gasteiger partial charge in [0.15, 0.2) is 5.69 Å². The number of fused-ring (bicyclic) bond motifs is 1. The minimum Gasteiger partial charge on any atom is -0.480 e. The SMILES string of the molecule is COc1ncnc2ccc(N3CCN(c4cnc(C#N)cn4)CC3)cc12. The van der Waals surface area contributed by atoms with Crippen molar-refractivity contribution in [2.75, 3.05) is 43.1 Å². The minimum atomic E-state index is 0.333. The molecule has 3 aromatic rings. The quantitative estimate of drug-likeness (QED) is 0.706. The zero-order valence-corrected chi connectivity index (χ0v) is 14.3. The lowest BCUT2D eigenvalue weighted by Gasteiger charge is -2.36. The van der Waals surface area contributed by atoms with E-state index in [-0.39, 0.29) is 0 Å². The molecule has 1 aliphatic heterocycles. The van der Waals surface area contributed by atoms with Gasteiger partial charge in [-0.2, -0.15) is 5.26 Å². The number of hydrogen-bond acceptors (Lipinski definition) is 8. The Kier molecular flexibility index (Phi) is 4.19. The predicted octanol–water partition coefficient (Wildman–Crippen LogP) is 1.63. The standard InChI is InChI=1S/C18H17N7O/c1-26-18-15-8-14(2-3-16(15)22-12-23-18)24-4-6-25(7-5-24)17-11-20-13(9-19)10-21-17/h2-3,8,10-12H,4-7H2,1H3.